The second-order valence-corrected chi connectivity index (χ2v) is 6.04. The maximum Gasteiger partial charge on any atom is 0.224 e. The molecule has 0 aliphatic rings. The zero-order valence-corrected chi connectivity index (χ0v) is 15.4. The fourth-order valence-corrected chi connectivity index (χ4v) is 2.75. The zero-order chi connectivity index (χ0) is 18.1. The molecule has 0 fully saturated rings. The second kappa shape index (κ2) is 9.84. The van der Waals surface area contributed by atoms with E-state index in [4.69, 9.17) is 4.74 Å². The third-order valence-electron chi connectivity index (χ3n) is 4.36. The van der Waals surface area contributed by atoms with Crippen LogP contribution in [0.3, 0.4) is 0 Å². The molecule has 1 N–H and O–H groups in total. The van der Waals surface area contributed by atoms with Crippen LogP contribution in [0.5, 0.6) is 5.75 Å². The SMILES string of the molecule is CCN(CC)Cc1ccc(CNC(=O)Cc2ccccc2OC)cc1. The maximum atomic E-state index is 12.2. The molecule has 2 rings (SSSR count). The van der Waals surface area contributed by atoms with Crippen LogP contribution in [0.25, 0.3) is 0 Å². The van der Waals surface area contributed by atoms with Gasteiger partial charge >= 0.3 is 0 Å². The topological polar surface area (TPSA) is 41.6 Å². The van der Waals surface area contributed by atoms with Gasteiger partial charge in [0.15, 0.2) is 0 Å². The molecule has 0 bridgehead atoms. The fraction of sp³-hybridized carbons (Fsp3) is 0.381. The molecule has 0 radical (unpaired) electrons. The first-order valence-corrected chi connectivity index (χ1v) is 8.85. The smallest absolute Gasteiger partial charge is 0.224 e. The molecule has 0 aromatic heterocycles. The highest BCUT2D eigenvalue weighted by Gasteiger charge is 2.08. The lowest BCUT2D eigenvalue weighted by Crippen LogP contribution is -2.25. The lowest BCUT2D eigenvalue weighted by Gasteiger charge is -2.18. The summed E-state index contributed by atoms with van der Waals surface area (Å²) >= 11 is 0. The first-order chi connectivity index (χ1) is 12.2. The van der Waals surface area contributed by atoms with Crippen molar-refractivity contribution in [3.05, 3.63) is 65.2 Å². The molecule has 0 heterocycles. The van der Waals surface area contributed by atoms with Gasteiger partial charge in [-0.3, -0.25) is 9.69 Å². The van der Waals surface area contributed by atoms with Crippen LogP contribution in [0, 0.1) is 0 Å². The van der Waals surface area contributed by atoms with Gasteiger partial charge in [-0.25, -0.2) is 0 Å². The standard InChI is InChI=1S/C21H28N2O2/c1-4-23(5-2)16-18-12-10-17(11-13-18)15-22-21(24)14-19-8-6-7-9-20(19)25-3/h6-13H,4-5,14-16H2,1-3H3,(H,22,24). The third kappa shape index (κ3) is 5.91. The van der Waals surface area contributed by atoms with Gasteiger partial charge in [0, 0.05) is 18.7 Å². The van der Waals surface area contributed by atoms with E-state index in [1.54, 1.807) is 7.11 Å². The predicted octanol–water partition coefficient (Wildman–Crippen LogP) is 3.40. The highest BCUT2D eigenvalue weighted by Crippen LogP contribution is 2.17. The highest BCUT2D eigenvalue weighted by atomic mass is 16.5. The van der Waals surface area contributed by atoms with Crippen molar-refractivity contribution in [3.63, 3.8) is 0 Å². The molecule has 2 aromatic rings. The van der Waals surface area contributed by atoms with Gasteiger partial charge in [0.25, 0.3) is 0 Å². The summed E-state index contributed by atoms with van der Waals surface area (Å²) in [6.45, 7) is 7.96. The minimum absolute atomic E-state index is 0.00304. The summed E-state index contributed by atoms with van der Waals surface area (Å²) in [7, 11) is 1.62. The molecule has 4 heteroatoms. The maximum absolute atomic E-state index is 12.2. The Morgan fingerprint density at radius 3 is 2.28 bits per heavy atom. The van der Waals surface area contributed by atoms with Gasteiger partial charge in [0.2, 0.25) is 5.91 Å². The van der Waals surface area contributed by atoms with Crippen molar-refractivity contribution >= 4 is 5.91 Å². The van der Waals surface area contributed by atoms with Gasteiger partial charge in [-0.05, 0) is 30.3 Å². The Balaban J connectivity index is 1.85. The van der Waals surface area contributed by atoms with Crippen molar-refractivity contribution in [1.82, 2.24) is 10.2 Å². The van der Waals surface area contributed by atoms with Gasteiger partial charge in [-0.2, -0.15) is 0 Å². The van der Waals surface area contributed by atoms with Gasteiger partial charge in [0.1, 0.15) is 5.75 Å². The molecule has 4 nitrogen and oxygen atoms in total. The van der Waals surface area contributed by atoms with Crippen LogP contribution in [0.1, 0.15) is 30.5 Å². The molecule has 0 atom stereocenters. The van der Waals surface area contributed by atoms with Crippen molar-refractivity contribution in [2.24, 2.45) is 0 Å². The first-order valence-electron chi connectivity index (χ1n) is 8.85. The van der Waals surface area contributed by atoms with Crippen LogP contribution in [0.4, 0.5) is 0 Å². The summed E-state index contributed by atoms with van der Waals surface area (Å²) < 4.78 is 5.29. The number of para-hydroxylation sites is 1. The highest BCUT2D eigenvalue weighted by molar-refractivity contribution is 5.79. The van der Waals surface area contributed by atoms with Gasteiger partial charge in [0.05, 0.1) is 13.5 Å². The summed E-state index contributed by atoms with van der Waals surface area (Å²) in [6.07, 6.45) is 0.323. The summed E-state index contributed by atoms with van der Waals surface area (Å²) in [6, 6.07) is 16.1. The number of ether oxygens (including phenoxy) is 1. The van der Waals surface area contributed by atoms with Gasteiger partial charge < -0.3 is 10.1 Å². The molecule has 0 spiro atoms. The number of nitrogens with zero attached hydrogens (tertiary/aromatic N) is 1. The number of hydrogen-bond donors (Lipinski definition) is 1. The minimum atomic E-state index is -0.00304. The van der Waals surface area contributed by atoms with Crippen LogP contribution in [-0.4, -0.2) is 31.0 Å². The number of hydrogen-bond acceptors (Lipinski definition) is 3. The monoisotopic (exact) mass is 340 g/mol. The number of carbonyl (C=O) groups is 1. The molecular formula is C21H28N2O2. The predicted molar refractivity (Wildman–Crippen MR) is 102 cm³/mol. The first kappa shape index (κ1) is 19.0. The summed E-state index contributed by atoms with van der Waals surface area (Å²) in [5.74, 6) is 0.745. The number of nitrogens with one attached hydrogen (secondary N) is 1. The van der Waals surface area contributed by atoms with Crippen molar-refractivity contribution in [3.8, 4) is 5.75 Å². The fourth-order valence-electron chi connectivity index (χ4n) is 2.75. The Morgan fingerprint density at radius 1 is 1.00 bits per heavy atom. The molecule has 0 saturated carbocycles. The Labute approximate surface area is 150 Å². The average molecular weight is 340 g/mol. The summed E-state index contributed by atoms with van der Waals surface area (Å²) in [5.41, 5.74) is 3.31. The van der Waals surface area contributed by atoms with E-state index in [9.17, 15) is 4.79 Å². The molecule has 1 amide bonds. The van der Waals surface area contributed by atoms with E-state index < -0.39 is 0 Å². The van der Waals surface area contributed by atoms with Gasteiger partial charge in [-0.1, -0.05) is 56.3 Å². The Bertz CT molecular complexity index is 664. The number of amides is 1. The molecule has 0 saturated heterocycles. The van der Waals surface area contributed by atoms with Crippen LogP contribution >= 0.6 is 0 Å². The molecular weight excluding hydrogens is 312 g/mol. The van der Waals surface area contributed by atoms with Crippen molar-refractivity contribution in [2.45, 2.75) is 33.4 Å². The van der Waals surface area contributed by atoms with E-state index in [0.717, 1.165) is 36.5 Å². The Hall–Kier alpha value is -2.33. The van der Waals surface area contributed by atoms with Crippen LogP contribution in [0.15, 0.2) is 48.5 Å². The van der Waals surface area contributed by atoms with E-state index in [-0.39, 0.29) is 5.91 Å². The van der Waals surface area contributed by atoms with E-state index >= 15 is 0 Å². The van der Waals surface area contributed by atoms with E-state index in [1.807, 2.05) is 24.3 Å². The largest absolute Gasteiger partial charge is 0.496 e. The Kier molecular flexibility index (Phi) is 7.48. The van der Waals surface area contributed by atoms with Gasteiger partial charge in [-0.15, -0.1) is 0 Å². The summed E-state index contributed by atoms with van der Waals surface area (Å²) in [5, 5.41) is 2.98. The minimum Gasteiger partial charge on any atom is -0.496 e. The van der Waals surface area contributed by atoms with Crippen molar-refractivity contribution < 1.29 is 9.53 Å². The number of rotatable bonds is 9. The lowest BCUT2D eigenvalue weighted by atomic mass is 10.1. The van der Waals surface area contributed by atoms with Crippen LogP contribution in [0.2, 0.25) is 0 Å². The molecule has 0 unspecified atom stereocenters. The molecule has 0 aliphatic heterocycles. The molecule has 25 heavy (non-hydrogen) atoms. The van der Waals surface area contributed by atoms with Crippen LogP contribution < -0.4 is 10.1 Å². The van der Waals surface area contributed by atoms with E-state index in [0.29, 0.717) is 13.0 Å². The lowest BCUT2D eigenvalue weighted by molar-refractivity contribution is -0.120. The third-order valence-corrected chi connectivity index (χ3v) is 4.36. The molecule has 0 aliphatic carbocycles. The Morgan fingerprint density at radius 2 is 1.64 bits per heavy atom. The van der Waals surface area contributed by atoms with E-state index in [2.05, 4.69) is 48.3 Å². The summed E-state index contributed by atoms with van der Waals surface area (Å²) in [4.78, 5) is 14.5. The second-order valence-electron chi connectivity index (χ2n) is 6.04. The molecule has 134 valence electrons. The van der Waals surface area contributed by atoms with Crippen molar-refractivity contribution in [2.75, 3.05) is 20.2 Å². The normalized spacial score (nSPS) is 10.7. The van der Waals surface area contributed by atoms with Crippen LogP contribution in [-0.2, 0) is 24.3 Å². The number of benzene rings is 2. The van der Waals surface area contributed by atoms with Crippen molar-refractivity contribution in [1.29, 1.82) is 0 Å². The van der Waals surface area contributed by atoms with E-state index in [1.165, 1.54) is 5.56 Å². The number of methoxy groups -OCH3 is 1. The number of carbonyl (C=O) groups excluding carboxylic acids is 1. The zero-order valence-electron chi connectivity index (χ0n) is 15.4. The average Bonchev–Trinajstić information content (AvgIpc) is 2.65. The molecule has 2 aromatic carbocycles. The quantitative estimate of drug-likeness (QED) is 0.761.